The van der Waals surface area contributed by atoms with E-state index in [0.29, 0.717) is 31.2 Å². The zero-order valence-corrected chi connectivity index (χ0v) is 22.8. The number of fused-ring (bicyclic) bond motifs is 3. The van der Waals surface area contributed by atoms with Gasteiger partial charge in [-0.25, -0.2) is 4.98 Å². The van der Waals surface area contributed by atoms with Crippen LogP contribution >= 0.6 is 0 Å². The first-order chi connectivity index (χ1) is 15.9. The second kappa shape index (κ2) is 8.91. The lowest BCUT2D eigenvalue weighted by Crippen LogP contribution is -2.54. The van der Waals surface area contributed by atoms with Crippen LogP contribution < -0.4 is 0 Å². The van der Waals surface area contributed by atoms with Crippen LogP contribution in [0.25, 0.3) is 0 Å². The van der Waals surface area contributed by atoms with Gasteiger partial charge in [-0.3, -0.25) is 9.59 Å². The number of ketones is 2. The molecule has 1 heterocycles. The lowest BCUT2D eigenvalue weighted by molar-refractivity contribution is -0.141. The average molecular weight is 481 g/mol. The highest BCUT2D eigenvalue weighted by Gasteiger charge is 2.59. The minimum atomic E-state index is -1.13. The van der Waals surface area contributed by atoms with Crippen molar-refractivity contribution in [1.29, 1.82) is 0 Å². The van der Waals surface area contributed by atoms with Gasteiger partial charge in [0.25, 0.3) is 0 Å². The Morgan fingerprint density at radius 2 is 1.91 bits per heavy atom. The van der Waals surface area contributed by atoms with Gasteiger partial charge in [-0.05, 0) is 60.6 Å². The van der Waals surface area contributed by atoms with Gasteiger partial charge >= 0.3 is 0 Å². The lowest BCUT2D eigenvalue weighted by Gasteiger charge is -2.59. The second-order valence-corrected chi connectivity index (χ2v) is 18.2. The molecule has 2 fully saturated rings. The minimum absolute atomic E-state index is 0.171. The van der Waals surface area contributed by atoms with E-state index in [0.717, 1.165) is 38.3 Å². The second-order valence-electron chi connectivity index (χ2n) is 12.6. The number of carbonyl (C=O) groups is 2. The zero-order chi connectivity index (χ0) is 24.8. The van der Waals surface area contributed by atoms with E-state index in [1.54, 1.807) is 6.20 Å². The van der Waals surface area contributed by atoms with E-state index in [9.17, 15) is 9.59 Å². The van der Waals surface area contributed by atoms with E-state index < -0.39 is 8.07 Å². The molecule has 0 saturated heterocycles. The van der Waals surface area contributed by atoms with E-state index in [-0.39, 0.29) is 27.9 Å². The summed E-state index contributed by atoms with van der Waals surface area (Å²) in [4.78, 5) is 29.8. The van der Waals surface area contributed by atoms with Crippen LogP contribution in [0.1, 0.15) is 65.1 Å². The van der Waals surface area contributed by atoms with E-state index in [4.69, 9.17) is 4.74 Å². The molecular weight excluding hydrogens is 440 g/mol. The van der Waals surface area contributed by atoms with Crippen molar-refractivity contribution in [1.82, 2.24) is 9.55 Å². The van der Waals surface area contributed by atoms with Gasteiger partial charge in [-0.15, -0.1) is 0 Å². The molecule has 184 valence electrons. The van der Waals surface area contributed by atoms with Crippen LogP contribution in [0, 0.1) is 34.0 Å². The number of nitrogens with zero attached hydrogens (tertiary/aromatic N) is 2. The van der Waals surface area contributed by atoms with Crippen LogP contribution in [0.4, 0.5) is 0 Å². The molecule has 0 radical (unpaired) electrons. The number of carbonyl (C=O) groups excluding carboxylic acids is 2. The molecule has 5 nitrogen and oxygen atoms in total. The van der Waals surface area contributed by atoms with Crippen molar-refractivity contribution in [2.45, 2.75) is 91.7 Å². The van der Waals surface area contributed by atoms with Crippen LogP contribution in [0.2, 0.25) is 25.7 Å². The Hall–Kier alpha value is -1.97. The van der Waals surface area contributed by atoms with Gasteiger partial charge in [-0.1, -0.05) is 46.3 Å². The predicted molar refractivity (Wildman–Crippen MR) is 137 cm³/mol. The molecule has 4 rings (SSSR count). The Kier molecular flexibility index (Phi) is 6.59. The smallest absolute Gasteiger partial charge is 0.187 e. The molecule has 0 N–H and O–H groups in total. The minimum Gasteiger partial charge on any atom is -0.361 e. The quantitative estimate of drug-likeness (QED) is 0.311. The monoisotopic (exact) mass is 480 g/mol. The SMILES string of the molecule is CC1(C)C(=O)CC[C@]2(C)C3=CC(=O)CC[C@]3(C#Cc3nccn3COCC[Si](C)(C)C)CC[C@@H]12. The van der Waals surface area contributed by atoms with E-state index in [1.807, 2.05) is 16.8 Å². The normalized spacial score (nSPS) is 30.6. The van der Waals surface area contributed by atoms with Gasteiger partial charge in [-0.2, -0.15) is 0 Å². The summed E-state index contributed by atoms with van der Waals surface area (Å²) in [5.74, 6) is 8.51. The van der Waals surface area contributed by atoms with Gasteiger partial charge in [0.2, 0.25) is 0 Å². The Balaban J connectivity index is 1.61. The maximum Gasteiger partial charge on any atom is 0.187 e. The predicted octanol–water partition coefficient (Wildman–Crippen LogP) is 5.63. The summed E-state index contributed by atoms with van der Waals surface area (Å²) in [7, 11) is -1.13. The summed E-state index contributed by atoms with van der Waals surface area (Å²) in [5, 5.41) is 0. The largest absolute Gasteiger partial charge is 0.361 e. The van der Waals surface area contributed by atoms with Gasteiger partial charge in [0, 0.05) is 45.3 Å². The molecule has 3 atom stereocenters. The third-order valence-corrected chi connectivity index (χ3v) is 10.4. The molecule has 0 unspecified atom stereocenters. The molecule has 6 heteroatoms. The van der Waals surface area contributed by atoms with Crippen molar-refractivity contribution in [3.8, 4) is 11.8 Å². The first kappa shape index (κ1) is 25.1. The van der Waals surface area contributed by atoms with Crippen LogP contribution in [0.15, 0.2) is 24.0 Å². The summed E-state index contributed by atoms with van der Waals surface area (Å²) in [6.45, 7) is 14.7. The molecule has 0 spiro atoms. The van der Waals surface area contributed by atoms with E-state index in [2.05, 4.69) is 57.2 Å². The maximum absolute atomic E-state index is 12.8. The molecule has 2 saturated carbocycles. The van der Waals surface area contributed by atoms with Crippen molar-refractivity contribution >= 4 is 19.6 Å². The summed E-state index contributed by atoms with van der Waals surface area (Å²) >= 11 is 0. The summed E-state index contributed by atoms with van der Waals surface area (Å²) in [6.07, 6.45) is 10.1. The lowest BCUT2D eigenvalue weighted by atomic mass is 9.44. The van der Waals surface area contributed by atoms with Gasteiger partial charge in [0.15, 0.2) is 11.6 Å². The van der Waals surface area contributed by atoms with Gasteiger partial charge in [0.1, 0.15) is 12.5 Å². The highest BCUT2D eigenvalue weighted by molar-refractivity contribution is 6.76. The van der Waals surface area contributed by atoms with Crippen molar-refractivity contribution in [3.05, 3.63) is 29.9 Å². The van der Waals surface area contributed by atoms with E-state index >= 15 is 0 Å². The number of Topliss-reactive ketones (excluding diaryl/α,β-unsaturated/α-hetero) is 1. The highest BCUT2D eigenvalue weighted by Crippen LogP contribution is 2.64. The topological polar surface area (TPSA) is 61.2 Å². The number of ether oxygens (including phenoxy) is 1. The molecule has 1 aromatic heterocycles. The first-order valence-corrected chi connectivity index (χ1v) is 16.5. The highest BCUT2D eigenvalue weighted by atomic mass is 28.3. The Bertz CT molecular complexity index is 1070. The zero-order valence-electron chi connectivity index (χ0n) is 21.8. The average Bonchev–Trinajstić information content (AvgIpc) is 3.20. The van der Waals surface area contributed by atoms with Crippen LogP contribution in [-0.4, -0.2) is 35.8 Å². The molecule has 0 aliphatic heterocycles. The van der Waals surface area contributed by atoms with Gasteiger partial charge < -0.3 is 9.30 Å². The molecule has 3 aliphatic carbocycles. The maximum atomic E-state index is 12.8. The number of allylic oxidation sites excluding steroid dienone is 2. The van der Waals surface area contributed by atoms with Gasteiger partial charge in [0.05, 0.1) is 5.41 Å². The standard InChI is InChI=1S/C28H40N2O3Si/c1-26(2)22-8-13-28(12-7-21(31)19-23(28)27(22,3)11-9-24(26)32)14-10-25-29-15-16-30(25)20-33-17-18-34(4,5)6/h15-16,19,22H,7-9,11-13,17-18,20H2,1-6H3/t22-,27-,28+/m0/s1. The number of hydrogen-bond donors (Lipinski definition) is 0. The summed E-state index contributed by atoms with van der Waals surface area (Å²) < 4.78 is 7.90. The molecule has 0 aromatic carbocycles. The number of hydrogen-bond acceptors (Lipinski definition) is 4. The number of imidazole rings is 1. The molecule has 0 bridgehead atoms. The van der Waals surface area contributed by atoms with Crippen LogP contribution in [0.5, 0.6) is 0 Å². The van der Waals surface area contributed by atoms with E-state index in [1.165, 1.54) is 5.57 Å². The Labute approximate surface area is 205 Å². The van der Waals surface area contributed by atoms with Crippen LogP contribution in [0.3, 0.4) is 0 Å². The van der Waals surface area contributed by atoms with Crippen molar-refractivity contribution < 1.29 is 14.3 Å². The third kappa shape index (κ3) is 4.62. The van der Waals surface area contributed by atoms with Crippen molar-refractivity contribution in [2.75, 3.05) is 6.61 Å². The molecule has 1 aromatic rings. The Morgan fingerprint density at radius 1 is 1.15 bits per heavy atom. The fraction of sp³-hybridized carbons (Fsp3) is 0.679. The molecule has 0 amide bonds. The van der Waals surface area contributed by atoms with Crippen molar-refractivity contribution in [2.24, 2.45) is 22.2 Å². The third-order valence-electron chi connectivity index (χ3n) is 8.68. The number of aromatic nitrogens is 2. The fourth-order valence-electron chi connectivity index (χ4n) is 6.51. The van der Waals surface area contributed by atoms with Crippen molar-refractivity contribution in [3.63, 3.8) is 0 Å². The fourth-order valence-corrected chi connectivity index (χ4v) is 7.27. The number of rotatable bonds is 5. The summed E-state index contributed by atoms with van der Waals surface area (Å²) in [6, 6.07) is 1.13. The molecule has 34 heavy (non-hydrogen) atoms. The molecular formula is C28H40N2O3Si. The molecule has 3 aliphatic rings. The summed E-state index contributed by atoms with van der Waals surface area (Å²) in [5.41, 5.74) is 0.322. The Morgan fingerprint density at radius 3 is 2.65 bits per heavy atom. The first-order valence-electron chi connectivity index (χ1n) is 12.8. The van der Waals surface area contributed by atoms with Crippen LogP contribution in [-0.2, 0) is 21.1 Å².